The van der Waals surface area contributed by atoms with Crippen LogP contribution in [-0.2, 0) is 4.79 Å². The van der Waals surface area contributed by atoms with E-state index in [0.717, 1.165) is 28.1 Å². The molecule has 2 amide bonds. The summed E-state index contributed by atoms with van der Waals surface area (Å²) in [5.41, 5.74) is 3.84. The van der Waals surface area contributed by atoms with Crippen molar-refractivity contribution >= 4 is 46.2 Å². The largest absolute Gasteiger partial charge is 0.491 e. The first-order valence-electron chi connectivity index (χ1n) is 8.35. The maximum absolute atomic E-state index is 12.7. The van der Waals surface area contributed by atoms with Crippen molar-refractivity contribution in [1.82, 2.24) is 10.4 Å². The van der Waals surface area contributed by atoms with Crippen LogP contribution in [0.1, 0.15) is 29.8 Å². The molecule has 1 saturated heterocycles. The monoisotopic (exact) mass is 398 g/mol. The molecule has 1 fully saturated rings. The highest BCUT2D eigenvalue weighted by Crippen LogP contribution is 2.32. The van der Waals surface area contributed by atoms with Gasteiger partial charge in [0.05, 0.1) is 11.0 Å². The molecule has 1 aliphatic rings. The number of benzene rings is 2. The van der Waals surface area contributed by atoms with Crippen LogP contribution < -0.4 is 10.2 Å². The maximum Gasteiger partial charge on any atom is 0.285 e. The van der Waals surface area contributed by atoms with Crippen LogP contribution in [0.3, 0.4) is 0 Å². The standard InChI is InChI=1S/C20H18N2O3S2/c1-13(2)25-16-10-6-7-14(11-16)12-17-19(24)22(20(26)27-17)21-18(23)15-8-4-3-5-9-15/h3-13H,1-2H3,(H,21,23)/b17-12+. The SMILES string of the molecule is CC(C)Oc1cccc(/C=C2/SC(=S)N(NC(=O)c3ccccc3)C2=O)c1. The van der Waals surface area contributed by atoms with E-state index in [9.17, 15) is 9.59 Å². The smallest absolute Gasteiger partial charge is 0.285 e. The summed E-state index contributed by atoms with van der Waals surface area (Å²) in [7, 11) is 0. The fraction of sp³-hybridized carbons (Fsp3) is 0.150. The number of amides is 2. The number of carbonyl (C=O) groups is 2. The molecule has 1 aliphatic heterocycles. The number of hydrogen-bond acceptors (Lipinski definition) is 5. The quantitative estimate of drug-likeness (QED) is 0.609. The Bertz CT molecular complexity index is 910. The summed E-state index contributed by atoms with van der Waals surface area (Å²) in [6.07, 6.45) is 1.80. The lowest BCUT2D eigenvalue weighted by atomic mass is 10.2. The van der Waals surface area contributed by atoms with Gasteiger partial charge in [-0.25, -0.2) is 0 Å². The third-order valence-electron chi connectivity index (χ3n) is 3.57. The molecule has 0 aromatic heterocycles. The number of carbonyl (C=O) groups excluding carboxylic acids is 2. The fourth-order valence-electron chi connectivity index (χ4n) is 2.42. The van der Waals surface area contributed by atoms with E-state index in [4.69, 9.17) is 17.0 Å². The molecule has 0 bridgehead atoms. The minimum Gasteiger partial charge on any atom is -0.491 e. The van der Waals surface area contributed by atoms with Gasteiger partial charge >= 0.3 is 0 Å². The highest BCUT2D eigenvalue weighted by Gasteiger charge is 2.33. The van der Waals surface area contributed by atoms with Gasteiger partial charge in [-0.05, 0) is 62.0 Å². The van der Waals surface area contributed by atoms with Crippen molar-refractivity contribution in [2.24, 2.45) is 0 Å². The molecule has 7 heteroatoms. The average Bonchev–Trinajstić information content (AvgIpc) is 2.89. The van der Waals surface area contributed by atoms with Crippen LogP contribution in [0.15, 0.2) is 59.5 Å². The molecule has 0 saturated carbocycles. The third kappa shape index (κ3) is 4.75. The first-order chi connectivity index (χ1) is 12.9. The van der Waals surface area contributed by atoms with Crippen LogP contribution in [0.25, 0.3) is 6.08 Å². The van der Waals surface area contributed by atoms with Crippen molar-refractivity contribution in [2.45, 2.75) is 20.0 Å². The molecule has 3 rings (SSSR count). The van der Waals surface area contributed by atoms with Crippen molar-refractivity contribution < 1.29 is 14.3 Å². The first-order valence-corrected chi connectivity index (χ1v) is 9.57. The number of hydrazine groups is 1. The van der Waals surface area contributed by atoms with Crippen molar-refractivity contribution in [3.63, 3.8) is 0 Å². The summed E-state index contributed by atoms with van der Waals surface area (Å²) in [4.78, 5) is 25.4. The molecule has 138 valence electrons. The van der Waals surface area contributed by atoms with E-state index in [1.54, 1.807) is 30.3 Å². The Morgan fingerprint density at radius 3 is 2.63 bits per heavy atom. The van der Waals surface area contributed by atoms with Gasteiger partial charge in [0.15, 0.2) is 4.32 Å². The van der Waals surface area contributed by atoms with Crippen molar-refractivity contribution in [1.29, 1.82) is 0 Å². The number of thioether (sulfide) groups is 1. The van der Waals surface area contributed by atoms with Crippen LogP contribution in [0.4, 0.5) is 0 Å². The normalized spacial score (nSPS) is 15.5. The lowest BCUT2D eigenvalue weighted by Crippen LogP contribution is -2.44. The predicted molar refractivity (Wildman–Crippen MR) is 111 cm³/mol. The molecule has 0 aliphatic carbocycles. The lowest BCUT2D eigenvalue weighted by Gasteiger charge is -2.15. The van der Waals surface area contributed by atoms with E-state index >= 15 is 0 Å². The second kappa shape index (κ2) is 8.37. The maximum atomic E-state index is 12.7. The molecule has 1 N–H and O–H groups in total. The van der Waals surface area contributed by atoms with Gasteiger partial charge in [-0.15, -0.1) is 0 Å². The minimum absolute atomic E-state index is 0.0617. The zero-order valence-electron chi connectivity index (χ0n) is 14.8. The van der Waals surface area contributed by atoms with Gasteiger partial charge in [0, 0.05) is 5.56 Å². The van der Waals surface area contributed by atoms with E-state index in [-0.39, 0.29) is 22.2 Å². The fourth-order valence-corrected chi connectivity index (χ4v) is 3.60. The second-order valence-corrected chi connectivity index (χ2v) is 7.74. The Morgan fingerprint density at radius 1 is 1.19 bits per heavy atom. The summed E-state index contributed by atoms with van der Waals surface area (Å²) in [6.45, 7) is 3.90. The highest BCUT2D eigenvalue weighted by atomic mass is 32.2. The van der Waals surface area contributed by atoms with E-state index in [0.29, 0.717) is 10.5 Å². The van der Waals surface area contributed by atoms with Crippen LogP contribution >= 0.6 is 24.0 Å². The zero-order valence-corrected chi connectivity index (χ0v) is 16.5. The Hall–Kier alpha value is -2.64. The van der Waals surface area contributed by atoms with E-state index < -0.39 is 0 Å². The van der Waals surface area contributed by atoms with Gasteiger partial charge < -0.3 is 4.74 Å². The summed E-state index contributed by atoms with van der Waals surface area (Å²) < 4.78 is 5.96. The molecular weight excluding hydrogens is 380 g/mol. The molecule has 0 radical (unpaired) electrons. The molecule has 0 unspecified atom stereocenters. The average molecular weight is 399 g/mol. The van der Waals surface area contributed by atoms with Crippen molar-refractivity contribution in [3.8, 4) is 5.75 Å². The van der Waals surface area contributed by atoms with E-state index in [1.807, 2.05) is 44.2 Å². The molecular formula is C20H18N2O3S2. The Labute approximate surface area is 167 Å². The van der Waals surface area contributed by atoms with Crippen LogP contribution in [0.2, 0.25) is 0 Å². The predicted octanol–water partition coefficient (Wildman–Crippen LogP) is 4.02. The number of hydrogen-bond donors (Lipinski definition) is 1. The topological polar surface area (TPSA) is 58.6 Å². The number of nitrogens with one attached hydrogen (secondary N) is 1. The van der Waals surface area contributed by atoms with E-state index in [2.05, 4.69) is 5.43 Å². The molecule has 0 atom stereocenters. The van der Waals surface area contributed by atoms with Crippen LogP contribution in [-0.4, -0.2) is 27.2 Å². The zero-order chi connectivity index (χ0) is 19.4. The van der Waals surface area contributed by atoms with Gasteiger partial charge in [0.25, 0.3) is 11.8 Å². The Balaban J connectivity index is 1.76. The van der Waals surface area contributed by atoms with Crippen LogP contribution in [0, 0.1) is 0 Å². The molecule has 2 aromatic rings. The van der Waals surface area contributed by atoms with Gasteiger partial charge in [-0.3, -0.25) is 15.0 Å². The number of nitrogens with zero attached hydrogens (tertiary/aromatic N) is 1. The van der Waals surface area contributed by atoms with Gasteiger partial charge in [-0.1, -0.05) is 42.1 Å². The van der Waals surface area contributed by atoms with E-state index in [1.165, 1.54) is 0 Å². The summed E-state index contributed by atoms with van der Waals surface area (Å²) in [5, 5.41) is 1.11. The van der Waals surface area contributed by atoms with Crippen LogP contribution in [0.5, 0.6) is 5.75 Å². The number of rotatable bonds is 5. The molecule has 27 heavy (non-hydrogen) atoms. The number of ether oxygens (including phenoxy) is 1. The molecule has 2 aromatic carbocycles. The lowest BCUT2D eigenvalue weighted by molar-refractivity contribution is -0.123. The summed E-state index contributed by atoms with van der Waals surface area (Å²) in [6, 6.07) is 16.1. The molecule has 1 heterocycles. The van der Waals surface area contributed by atoms with Crippen molar-refractivity contribution in [2.75, 3.05) is 0 Å². The van der Waals surface area contributed by atoms with Gasteiger partial charge in [0.2, 0.25) is 0 Å². The summed E-state index contributed by atoms with van der Waals surface area (Å²) in [5.74, 6) is -0.0171. The minimum atomic E-state index is -0.388. The third-order valence-corrected chi connectivity index (χ3v) is 4.87. The first kappa shape index (κ1) is 19.1. The molecule has 5 nitrogen and oxygen atoms in total. The van der Waals surface area contributed by atoms with Gasteiger partial charge in [-0.2, -0.15) is 5.01 Å². The highest BCUT2D eigenvalue weighted by molar-refractivity contribution is 8.26. The second-order valence-electron chi connectivity index (χ2n) is 6.06. The Morgan fingerprint density at radius 2 is 1.93 bits per heavy atom. The number of thiocarbonyl (C=S) groups is 1. The summed E-state index contributed by atoms with van der Waals surface area (Å²) >= 11 is 6.40. The van der Waals surface area contributed by atoms with Crippen molar-refractivity contribution in [3.05, 3.63) is 70.6 Å². The van der Waals surface area contributed by atoms with Gasteiger partial charge in [0.1, 0.15) is 5.75 Å². The Kier molecular flexibility index (Phi) is 5.93. The molecule has 0 spiro atoms.